The Balaban J connectivity index is 0.000000159. The van der Waals surface area contributed by atoms with Crippen molar-refractivity contribution in [2.75, 3.05) is 6.61 Å². The summed E-state index contributed by atoms with van der Waals surface area (Å²) in [7, 11) is -3.44. The molecule has 3 aromatic carbocycles. The van der Waals surface area contributed by atoms with Crippen LogP contribution in [0.25, 0.3) is 0 Å². The summed E-state index contributed by atoms with van der Waals surface area (Å²) < 4.78 is 31.9. The van der Waals surface area contributed by atoms with Crippen LogP contribution in [-0.2, 0) is 33.1 Å². The number of aromatic hydroxyl groups is 1. The lowest BCUT2D eigenvalue weighted by Gasteiger charge is -2.13. The highest BCUT2D eigenvalue weighted by Crippen LogP contribution is 2.35. The fourth-order valence-corrected chi connectivity index (χ4v) is 7.75. The van der Waals surface area contributed by atoms with Crippen molar-refractivity contribution in [2.24, 2.45) is 0 Å². The zero-order chi connectivity index (χ0) is 49.8. The number of aromatic nitrogens is 6. The first kappa shape index (κ1) is 51.3. The van der Waals surface area contributed by atoms with Gasteiger partial charge in [0.15, 0.2) is 0 Å². The van der Waals surface area contributed by atoms with Gasteiger partial charge in [0.1, 0.15) is 17.2 Å². The molecule has 3 unspecified atom stereocenters. The van der Waals surface area contributed by atoms with Crippen LogP contribution in [0.1, 0.15) is 77.9 Å². The average Bonchev–Trinajstić information content (AvgIpc) is 3.90. The Morgan fingerprint density at radius 3 is 1.30 bits per heavy atom. The second kappa shape index (κ2) is 23.8. The summed E-state index contributed by atoms with van der Waals surface area (Å²) in [6.45, 7) is 7.48. The molecule has 3 aliphatic heterocycles. The number of carbonyl (C=O) groups excluding carboxylic acids is 1. The van der Waals surface area contributed by atoms with Crippen molar-refractivity contribution >= 4 is 67.3 Å². The molecule has 21 nitrogen and oxygen atoms in total. The molecule has 6 heterocycles. The first-order valence-corrected chi connectivity index (χ1v) is 21.4. The fraction of sp³-hybridized carbons (Fsp3) is 0.250. The van der Waals surface area contributed by atoms with Gasteiger partial charge in [-0.05, 0) is 144 Å². The average molecular weight is 965 g/mol. The Morgan fingerprint density at radius 1 is 0.580 bits per heavy atom. The molecule has 0 radical (unpaired) electrons. The Bertz CT molecular complexity index is 2620. The summed E-state index contributed by atoms with van der Waals surface area (Å²) >= 11 is 5.32. The molecule has 0 fully saturated rings. The molecule has 9 rings (SSSR count). The Labute approximate surface area is 400 Å². The number of aryl methyl sites for hydroxylation is 3. The number of fused-ring (bicyclic) bond motifs is 3. The molecule has 0 saturated carbocycles. The molecule has 3 atom stereocenters. The molecule has 0 saturated heterocycles. The summed E-state index contributed by atoms with van der Waals surface area (Å²) in [6, 6.07) is 15.2. The summed E-state index contributed by atoms with van der Waals surface area (Å²) in [4.78, 5) is 56.4. The third-order valence-electron chi connectivity index (χ3n) is 10.2. The number of benzene rings is 3. The summed E-state index contributed by atoms with van der Waals surface area (Å²) in [5, 5.41) is 57.3. The molecule has 0 spiro atoms. The van der Waals surface area contributed by atoms with Gasteiger partial charge < -0.3 is 58.6 Å². The van der Waals surface area contributed by atoms with E-state index in [2.05, 4.69) is 29.9 Å². The third-order valence-corrected chi connectivity index (χ3v) is 10.4. The van der Waals surface area contributed by atoms with Gasteiger partial charge in [0.2, 0.25) is 5.28 Å². The number of phenolic OH excluding ortho intramolecular Hbond substituents is 1. The maximum atomic E-state index is 11.5. The van der Waals surface area contributed by atoms with Gasteiger partial charge >= 0.3 is 51.3 Å². The third kappa shape index (κ3) is 13.8. The SMILES string of the molecule is CCOC(=O)CC1OB(O)c2cc(O)cc(C)c21.Cc1cc(Oc2ncccn2)cc2c1C(CC(=O)O)OB2O.Cc1cc(Oc2ncccn2)cc2c1C(CC(=O)O)OB2O.Clc1ncccn1. The molecular formula is C44H44B3ClN6O15. The Hall–Kier alpha value is -7.05. The highest BCUT2D eigenvalue weighted by atomic mass is 35.5. The number of nitrogens with zero attached hydrogens (tertiary/aromatic N) is 6. The number of ether oxygens (including phenoxy) is 3. The highest BCUT2D eigenvalue weighted by molar-refractivity contribution is 6.62. The van der Waals surface area contributed by atoms with Crippen LogP contribution in [0.15, 0.2) is 91.8 Å². The zero-order valence-corrected chi connectivity index (χ0v) is 38.1. The Kier molecular flexibility index (Phi) is 17.7. The first-order chi connectivity index (χ1) is 33.0. The maximum absolute atomic E-state index is 11.5. The van der Waals surface area contributed by atoms with Gasteiger partial charge in [-0.1, -0.05) is 0 Å². The summed E-state index contributed by atoms with van der Waals surface area (Å²) in [6.07, 6.45) is 7.23. The second-order valence-corrected chi connectivity index (χ2v) is 15.5. The standard InChI is InChI=1S/2C14H13BN2O5.C12H15BO5.C4H3ClN2/c2*1-8-5-9(21-14-16-3-2-4-17-14)6-10-13(8)11(7-12(18)19)22-15(10)20;1-3-17-11(15)6-10-12-7(2)4-8(14)5-9(12)13(16)18-10;5-4-6-2-1-3-7-4/h2*2-6,11,20H,7H2,1H3,(H,18,19);4-5,10,14,16H,3,6H2,1-2H3;1-3H. The number of halogens is 1. The lowest BCUT2D eigenvalue weighted by molar-refractivity contribution is -0.145. The van der Waals surface area contributed by atoms with Gasteiger partial charge in [0.25, 0.3) is 0 Å². The molecule has 6 aromatic rings. The van der Waals surface area contributed by atoms with E-state index in [1.807, 2.05) is 13.8 Å². The molecule has 3 aliphatic rings. The van der Waals surface area contributed by atoms with Crippen molar-refractivity contribution in [1.82, 2.24) is 29.9 Å². The minimum atomic E-state index is -1.17. The van der Waals surface area contributed by atoms with E-state index < -0.39 is 51.6 Å². The summed E-state index contributed by atoms with van der Waals surface area (Å²) in [5.41, 5.74) is 6.03. The number of carboxylic acid groups (broad SMARTS) is 2. The number of carboxylic acids is 2. The minimum Gasteiger partial charge on any atom is -0.508 e. The number of rotatable bonds is 11. The van der Waals surface area contributed by atoms with Crippen LogP contribution in [0.2, 0.25) is 5.28 Å². The quantitative estimate of drug-likeness (QED) is 0.0617. The lowest BCUT2D eigenvalue weighted by atomic mass is 9.77. The normalized spacial score (nSPS) is 16.0. The van der Waals surface area contributed by atoms with Crippen molar-refractivity contribution in [2.45, 2.75) is 65.3 Å². The van der Waals surface area contributed by atoms with Gasteiger partial charge in [-0.15, -0.1) is 0 Å². The first-order valence-electron chi connectivity index (χ1n) is 21.0. The topological polar surface area (TPSA) is 305 Å². The van der Waals surface area contributed by atoms with E-state index in [9.17, 15) is 34.6 Å². The molecule has 25 heteroatoms. The summed E-state index contributed by atoms with van der Waals surface area (Å²) in [5.74, 6) is -1.34. The zero-order valence-electron chi connectivity index (χ0n) is 37.4. The van der Waals surface area contributed by atoms with E-state index in [-0.39, 0.29) is 43.0 Å². The Morgan fingerprint density at radius 2 is 0.942 bits per heavy atom. The lowest BCUT2D eigenvalue weighted by Crippen LogP contribution is -2.28. The van der Waals surface area contributed by atoms with Crippen LogP contribution < -0.4 is 25.9 Å². The van der Waals surface area contributed by atoms with Gasteiger partial charge in [-0.2, -0.15) is 0 Å². The van der Waals surface area contributed by atoms with Crippen LogP contribution in [0, 0.1) is 20.8 Å². The van der Waals surface area contributed by atoms with Crippen molar-refractivity contribution in [3.63, 3.8) is 0 Å². The number of phenols is 1. The van der Waals surface area contributed by atoms with Gasteiger partial charge in [-0.3, -0.25) is 14.4 Å². The molecule has 69 heavy (non-hydrogen) atoms. The number of hydrogen-bond donors (Lipinski definition) is 6. The number of esters is 1. The molecule has 0 bridgehead atoms. The monoisotopic (exact) mass is 964 g/mol. The van der Waals surface area contributed by atoms with Crippen LogP contribution >= 0.6 is 11.6 Å². The second-order valence-electron chi connectivity index (χ2n) is 15.2. The van der Waals surface area contributed by atoms with Gasteiger partial charge in [0.05, 0.1) is 44.2 Å². The van der Waals surface area contributed by atoms with Crippen LogP contribution in [-0.4, -0.2) is 106 Å². The smallest absolute Gasteiger partial charge is 0.492 e. The van der Waals surface area contributed by atoms with Crippen LogP contribution in [0.5, 0.6) is 29.3 Å². The fourth-order valence-electron chi connectivity index (χ4n) is 7.64. The maximum Gasteiger partial charge on any atom is 0.492 e. The predicted molar refractivity (Wildman–Crippen MR) is 247 cm³/mol. The molecule has 0 aliphatic carbocycles. The molecular weight excluding hydrogens is 920 g/mol. The van der Waals surface area contributed by atoms with Crippen molar-refractivity contribution in [3.8, 4) is 29.3 Å². The van der Waals surface area contributed by atoms with Crippen LogP contribution in [0.3, 0.4) is 0 Å². The molecule has 6 N–H and O–H groups in total. The largest absolute Gasteiger partial charge is 0.508 e. The van der Waals surface area contributed by atoms with E-state index in [1.54, 1.807) is 99.6 Å². The van der Waals surface area contributed by atoms with E-state index in [1.165, 1.54) is 6.07 Å². The van der Waals surface area contributed by atoms with Crippen LogP contribution in [0.4, 0.5) is 0 Å². The van der Waals surface area contributed by atoms with E-state index in [0.717, 1.165) is 22.3 Å². The van der Waals surface area contributed by atoms with E-state index in [4.69, 9.17) is 50.0 Å². The molecule has 356 valence electrons. The van der Waals surface area contributed by atoms with E-state index >= 15 is 0 Å². The van der Waals surface area contributed by atoms with Crippen molar-refractivity contribution in [3.05, 3.63) is 130 Å². The molecule has 3 aromatic heterocycles. The van der Waals surface area contributed by atoms with Gasteiger partial charge in [-0.25, -0.2) is 29.9 Å². The number of carbonyl (C=O) groups is 3. The number of aliphatic carboxylic acids is 2. The highest BCUT2D eigenvalue weighted by Gasteiger charge is 2.40. The predicted octanol–water partition coefficient (Wildman–Crippen LogP) is 3.16. The van der Waals surface area contributed by atoms with Crippen molar-refractivity contribution < 1.29 is 72.9 Å². The van der Waals surface area contributed by atoms with Gasteiger partial charge in [0, 0.05) is 37.2 Å². The van der Waals surface area contributed by atoms with E-state index in [0.29, 0.717) is 50.9 Å². The molecule has 0 amide bonds. The van der Waals surface area contributed by atoms with Crippen molar-refractivity contribution in [1.29, 1.82) is 0 Å². The minimum absolute atomic E-state index is 0.0590. The number of hydrogen-bond acceptors (Lipinski definition) is 19.